The largest absolute Gasteiger partial charge is 0.469 e. The van der Waals surface area contributed by atoms with Gasteiger partial charge in [0.1, 0.15) is 18.1 Å². The van der Waals surface area contributed by atoms with E-state index < -0.39 is 12.3 Å². The molecule has 1 aromatic carbocycles. The first kappa shape index (κ1) is 26.6. The fraction of sp³-hybridized carbons (Fsp3) is 0.607. The van der Waals surface area contributed by atoms with Crippen LogP contribution < -0.4 is 0 Å². The Morgan fingerprint density at radius 1 is 1.29 bits per heavy atom. The second-order valence-corrected chi connectivity index (χ2v) is 9.61. The number of unbranched alkanes of at least 4 members (excludes halogenated alkanes) is 2. The second-order valence-electron chi connectivity index (χ2n) is 9.61. The van der Waals surface area contributed by atoms with Crippen molar-refractivity contribution in [2.45, 2.75) is 82.1 Å². The van der Waals surface area contributed by atoms with Crippen molar-refractivity contribution in [3.8, 4) is 0 Å². The molecule has 0 radical (unpaired) electrons. The van der Waals surface area contributed by atoms with Gasteiger partial charge in [0.15, 0.2) is 0 Å². The predicted octanol–water partition coefficient (Wildman–Crippen LogP) is 5.83. The summed E-state index contributed by atoms with van der Waals surface area (Å²) in [5.41, 5.74) is 0.815. The lowest BCUT2D eigenvalue weighted by molar-refractivity contribution is -0.140. The molecule has 1 aliphatic heterocycles. The Balaban J connectivity index is 1.74. The van der Waals surface area contributed by atoms with E-state index in [1.807, 2.05) is 25.1 Å². The molecule has 1 unspecified atom stereocenters. The Kier molecular flexibility index (Phi) is 9.84. The van der Waals surface area contributed by atoms with E-state index in [4.69, 9.17) is 4.74 Å². The lowest BCUT2D eigenvalue weighted by Gasteiger charge is -2.38. The van der Waals surface area contributed by atoms with Gasteiger partial charge in [0.2, 0.25) is 0 Å². The molecule has 0 spiro atoms. The number of hydrogen-bond acceptors (Lipinski definition) is 4. The quantitative estimate of drug-likeness (QED) is 0.221. The van der Waals surface area contributed by atoms with Crippen LogP contribution in [0.3, 0.4) is 0 Å². The maximum atomic E-state index is 14.3. The average Bonchev–Trinajstić information content (AvgIpc) is 3.41. The normalized spacial score (nSPS) is 28.1. The van der Waals surface area contributed by atoms with E-state index >= 15 is 0 Å². The maximum Gasteiger partial charge on any atom is 0.305 e. The number of esters is 1. The van der Waals surface area contributed by atoms with Crippen molar-refractivity contribution in [3.63, 3.8) is 0 Å². The van der Waals surface area contributed by atoms with E-state index in [1.54, 1.807) is 6.08 Å². The fourth-order valence-electron chi connectivity index (χ4n) is 5.46. The van der Waals surface area contributed by atoms with Gasteiger partial charge in [0.25, 0.3) is 0 Å². The van der Waals surface area contributed by atoms with Crippen LogP contribution in [-0.4, -0.2) is 43.2 Å². The van der Waals surface area contributed by atoms with Gasteiger partial charge >= 0.3 is 5.97 Å². The maximum absolute atomic E-state index is 14.3. The van der Waals surface area contributed by atoms with Gasteiger partial charge in [-0.15, -0.1) is 0 Å². The molecule has 1 heterocycles. The third-order valence-electron chi connectivity index (χ3n) is 7.41. The zero-order valence-corrected chi connectivity index (χ0v) is 20.3. The van der Waals surface area contributed by atoms with E-state index in [1.165, 1.54) is 19.2 Å². The highest BCUT2D eigenvalue weighted by Gasteiger charge is 2.58. The SMILES string of the molecule is CCCCC(F)[C@@H](O)/C=C/[C@@H]1[C@@H]2C[C@@](c3ccc(F)cc3)(CO2)[C@H]1C/C=C\CCCC(=O)OC. The number of aliphatic hydroxyl groups is 1. The van der Waals surface area contributed by atoms with E-state index in [9.17, 15) is 18.7 Å². The lowest BCUT2D eigenvalue weighted by Crippen LogP contribution is -2.39. The number of alkyl halides is 1. The lowest BCUT2D eigenvalue weighted by atomic mass is 9.69. The minimum Gasteiger partial charge on any atom is -0.469 e. The number of allylic oxidation sites excluding steroid dienone is 2. The summed E-state index contributed by atoms with van der Waals surface area (Å²) in [7, 11) is 1.39. The molecule has 2 fully saturated rings. The van der Waals surface area contributed by atoms with Crippen LogP contribution in [0, 0.1) is 17.7 Å². The highest BCUT2D eigenvalue weighted by atomic mass is 19.1. The summed E-state index contributed by atoms with van der Waals surface area (Å²) >= 11 is 0. The number of benzene rings is 1. The number of ether oxygens (including phenoxy) is 2. The van der Waals surface area contributed by atoms with Crippen LogP contribution in [-0.2, 0) is 19.7 Å². The Hall–Kier alpha value is -2.05. The third-order valence-corrected chi connectivity index (χ3v) is 7.41. The average molecular weight is 477 g/mol. The van der Waals surface area contributed by atoms with Crippen LogP contribution in [0.25, 0.3) is 0 Å². The zero-order valence-electron chi connectivity index (χ0n) is 20.3. The first-order chi connectivity index (χ1) is 16.4. The molecule has 3 rings (SSSR count). The molecule has 1 aliphatic carbocycles. The molecule has 0 aromatic heterocycles. The van der Waals surface area contributed by atoms with Crippen molar-refractivity contribution in [3.05, 3.63) is 60.0 Å². The van der Waals surface area contributed by atoms with Crippen LogP contribution in [0.5, 0.6) is 0 Å². The van der Waals surface area contributed by atoms with E-state index in [0.29, 0.717) is 19.4 Å². The molecule has 4 nitrogen and oxygen atoms in total. The molecule has 188 valence electrons. The predicted molar refractivity (Wildman–Crippen MR) is 129 cm³/mol. The topological polar surface area (TPSA) is 55.8 Å². The molecule has 2 bridgehead atoms. The number of halogens is 2. The van der Waals surface area contributed by atoms with Crippen molar-refractivity contribution in [2.75, 3.05) is 13.7 Å². The molecule has 6 heteroatoms. The summed E-state index contributed by atoms with van der Waals surface area (Å²) in [6, 6.07) is 6.67. The number of fused-ring (bicyclic) bond motifs is 2. The summed E-state index contributed by atoms with van der Waals surface area (Å²) in [6.45, 7) is 2.57. The molecular formula is C28H38F2O4. The highest BCUT2D eigenvalue weighted by Crippen LogP contribution is 2.57. The van der Waals surface area contributed by atoms with Gasteiger partial charge in [-0.05, 0) is 55.7 Å². The number of carbonyl (C=O) groups excluding carboxylic acids is 1. The summed E-state index contributed by atoms with van der Waals surface area (Å²) in [5, 5.41) is 10.3. The number of hydrogen-bond donors (Lipinski definition) is 1. The third kappa shape index (κ3) is 6.33. The molecule has 1 saturated carbocycles. The molecular weight excluding hydrogens is 438 g/mol. The summed E-state index contributed by atoms with van der Waals surface area (Å²) in [6.07, 6.45) is 10.9. The first-order valence-electron chi connectivity index (χ1n) is 12.5. The van der Waals surface area contributed by atoms with Gasteiger partial charge in [0.05, 0.1) is 19.8 Å². The van der Waals surface area contributed by atoms with Gasteiger partial charge in [0, 0.05) is 17.8 Å². The van der Waals surface area contributed by atoms with Crippen LogP contribution in [0.4, 0.5) is 8.78 Å². The van der Waals surface area contributed by atoms with Gasteiger partial charge in [-0.2, -0.15) is 0 Å². The smallest absolute Gasteiger partial charge is 0.305 e. The number of aliphatic hydroxyl groups excluding tert-OH is 1. The van der Waals surface area contributed by atoms with Crippen LogP contribution >= 0.6 is 0 Å². The number of carbonyl (C=O) groups is 1. The molecule has 1 saturated heterocycles. The first-order valence-corrected chi connectivity index (χ1v) is 12.5. The Morgan fingerprint density at radius 3 is 2.76 bits per heavy atom. The molecule has 6 atom stereocenters. The van der Waals surface area contributed by atoms with Crippen LogP contribution in [0.1, 0.15) is 63.9 Å². The summed E-state index contributed by atoms with van der Waals surface area (Å²) in [5.74, 6) is -0.253. The standard InChI is InChI=1S/C28H38F2O4/c1-3-4-10-24(30)25(31)17-16-22-23(9-7-5-6-8-11-27(32)33-2)28(18-26(22)34-19-28)20-12-14-21(29)15-13-20/h5,7,12-17,22-26,31H,3-4,6,8-11,18-19H2,1-2H3/b7-5-,17-16+/t22-,23-,24?,25-,26-,28-/m0/s1. The van der Waals surface area contributed by atoms with Crippen molar-refractivity contribution < 1.29 is 28.2 Å². The van der Waals surface area contributed by atoms with Crippen LogP contribution in [0.15, 0.2) is 48.6 Å². The second kappa shape index (κ2) is 12.6. The molecule has 1 aromatic rings. The minimum atomic E-state index is -1.27. The molecule has 0 amide bonds. The monoisotopic (exact) mass is 476 g/mol. The number of rotatable bonds is 13. The Labute approximate surface area is 202 Å². The van der Waals surface area contributed by atoms with Crippen molar-refractivity contribution in [1.29, 1.82) is 0 Å². The molecule has 2 aliphatic rings. The van der Waals surface area contributed by atoms with Gasteiger partial charge < -0.3 is 14.6 Å². The summed E-state index contributed by atoms with van der Waals surface area (Å²) < 4.78 is 38.7. The van der Waals surface area contributed by atoms with E-state index in [-0.39, 0.29) is 35.1 Å². The van der Waals surface area contributed by atoms with E-state index in [2.05, 4.69) is 16.9 Å². The van der Waals surface area contributed by atoms with Gasteiger partial charge in [-0.25, -0.2) is 8.78 Å². The molecule has 1 N–H and O–H groups in total. The number of methoxy groups -OCH3 is 1. The van der Waals surface area contributed by atoms with Gasteiger partial charge in [-0.1, -0.05) is 56.2 Å². The van der Waals surface area contributed by atoms with Crippen molar-refractivity contribution >= 4 is 5.97 Å². The Morgan fingerprint density at radius 2 is 2.06 bits per heavy atom. The van der Waals surface area contributed by atoms with Crippen LogP contribution in [0.2, 0.25) is 0 Å². The van der Waals surface area contributed by atoms with Crippen molar-refractivity contribution in [1.82, 2.24) is 0 Å². The minimum absolute atomic E-state index is 0.0140. The Bertz CT molecular complexity index is 837. The van der Waals surface area contributed by atoms with Gasteiger partial charge in [-0.3, -0.25) is 4.79 Å². The van der Waals surface area contributed by atoms with Crippen molar-refractivity contribution in [2.24, 2.45) is 11.8 Å². The molecule has 34 heavy (non-hydrogen) atoms. The van der Waals surface area contributed by atoms with E-state index in [0.717, 1.165) is 44.1 Å². The highest BCUT2D eigenvalue weighted by molar-refractivity contribution is 5.69. The zero-order chi connectivity index (χ0) is 24.6. The fourth-order valence-corrected chi connectivity index (χ4v) is 5.46. The summed E-state index contributed by atoms with van der Waals surface area (Å²) in [4.78, 5) is 11.3.